The molecule has 0 bridgehead atoms. The number of benzene rings is 3. The van der Waals surface area contributed by atoms with Gasteiger partial charge in [0.25, 0.3) is 0 Å². The Hall–Kier alpha value is -3.66. The maximum atomic E-state index is 13.4. The van der Waals surface area contributed by atoms with E-state index in [0.29, 0.717) is 10.6 Å². The number of nitrogens with zero attached hydrogens (tertiary/aromatic N) is 2. The van der Waals surface area contributed by atoms with Gasteiger partial charge < -0.3 is 0 Å². The van der Waals surface area contributed by atoms with Gasteiger partial charge in [-0.15, -0.1) is 0 Å². The third-order valence-electron chi connectivity index (χ3n) is 5.92. The van der Waals surface area contributed by atoms with Gasteiger partial charge in [0, 0.05) is 28.9 Å². The van der Waals surface area contributed by atoms with E-state index in [2.05, 4.69) is 12.1 Å². The van der Waals surface area contributed by atoms with Gasteiger partial charge in [0.1, 0.15) is 0 Å². The molecule has 0 unspecified atom stereocenters. The van der Waals surface area contributed by atoms with Gasteiger partial charge in [-0.25, -0.2) is 0 Å². The van der Waals surface area contributed by atoms with E-state index in [1.165, 1.54) is 0 Å². The standard InChI is InChI=1S/C27H19ClN2O/c28-22-13-11-21(12-14-22)26-23(15-19-7-3-1-4-8-19)25(31)16-24(27(26,17-29)18-30)20-9-5-2-6-10-20/h1-15,24,26H,16H2/b23-15-/t24-,26+/m0/s1. The van der Waals surface area contributed by atoms with E-state index in [-0.39, 0.29) is 12.2 Å². The summed E-state index contributed by atoms with van der Waals surface area (Å²) in [5.41, 5.74) is 1.43. The lowest BCUT2D eigenvalue weighted by Gasteiger charge is -2.41. The highest BCUT2D eigenvalue weighted by Gasteiger charge is 2.55. The lowest BCUT2D eigenvalue weighted by atomic mass is 9.55. The number of hydrogen-bond acceptors (Lipinski definition) is 3. The number of Topliss-reactive ketones (excluding diaryl/α,β-unsaturated/α-hetero) is 1. The zero-order valence-electron chi connectivity index (χ0n) is 16.7. The summed E-state index contributed by atoms with van der Waals surface area (Å²) in [5, 5.41) is 21.3. The van der Waals surface area contributed by atoms with Crippen molar-refractivity contribution in [2.45, 2.75) is 18.3 Å². The van der Waals surface area contributed by atoms with Gasteiger partial charge >= 0.3 is 0 Å². The minimum Gasteiger partial charge on any atom is -0.295 e. The molecule has 1 aliphatic rings. The molecule has 0 amide bonds. The Bertz CT molecular complexity index is 1190. The first-order valence-electron chi connectivity index (χ1n) is 10.0. The third kappa shape index (κ3) is 3.77. The Morgan fingerprint density at radius 2 is 1.42 bits per heavy atom. The smallest absolute Gasteiger partial charge is 0.161 e. The molecule has 0 saturated heterocycles. The molecule has 0 N–H and O–H groups in total. The van der Waals surface area contributed by atoms with Crippen LogP contribution >= 0.6 is 11.6 Å². The summed E-state index contributed by atoms with van der Waals surface area (Å²) in [5.74, 6) is -1.30. The van der Waals surface area contributed by atoms with E-state index in [1.54, 1.807) is 24.3 Å². The topological polar surface area (TPSA) is 64.7 Å². The van der Waals surface area contributed by atoms with Crippen molar-refractivity contribution in [2.24, 2.45) is 5.41 Å². The van der Waals surface area contributed by atoms with Crippen LogP contribution in [0.5, 0.6) is 0 Å². The number of hydrogen-bond donors (Lipinski definition) is 0. The second-order valence-corrected chi connectivity index (χ2v) is 8.11. The summed E-state index contributed by atoms with van der Waals surface area (Å²) in [6.45, 7) is 0. The van der Waals surface area contributed by atoms with E-state index in [4.69, 9.17) is 11.6 Å². The molecule has 0 heterocycles. The molecule has 2 atom stereocenters. The van der Waals surface area contributed by atoms with Crippen molar-refractivity contribution < 1.29 is 4.79 Å². The monoisotopic (exact) mass is 422 g/mol. The molecule has 3 nitrogen and oxygen atoms in total. The fraction of sp³-hybridized carbons (Fsp3) is 0.148. The quantitative estimate of drug-likeness (QED) is 0.465. The van der Waals surface area contributed by atoms with Gasteiger partial charge in [0.05, 0.1) is 12.1 Å². The van der Waals surface area contributed by atoms with Crippen LogP contribution in [0, 0.1) is 28.1 Å². The summed E-state index contributed by atoms with van der Waals surface area (Å²) in [6, 6.07) is 30.6. The van der Waals surface area contributed by atoms with Crippen molar-refractivity contribution in [3.63, 3.8) is 0 Å². The first-order valence-corrected chi connectivity index (χ1v) is 10.4. The van der Waals surface area contributed by atoms with E-state index in [9.17, 15) is 15.3 Å². The van der Waals surface area contributed by atoms with Gasteiger partial charge in [0.2, 0.25) is 0 Å². The van der Waals surface area contributed by atoms with Crippen LogP contribution in [0.25, 0.3) is 6.08 Å². The third-order valence-corrected chi connectivity index (χ3v) is 6.18. The number of allylic oxidation sites excluding steroid dienone is 1. The second kappa shape index (κ2) is 8.60. The molecule has 1 saturated carbocycles. The summed E-state index contributed by atoms with van der Waals surface area (Å²) >= 11 is 6.10. The van der Waals surface area contributed by atoms with Crippen LogP contribution in [0.1, 0.15) is 34.9 Å². The molecule has 31 heavy (non-hydrogen) atoms. The zero-order valence-corrected chi connectivity index (χ0v) is 17.5. The molecular formula is C27H19ClN2O. The molecule has 0 aliphatic heterocycles. The number of nitriles is 2. The average molecular weight is 423 g/mol. The number of carbonyl (C=O) groups is 1. The van der Waals surface area contributed by atoms with Crippen molar-refractivity contribution in [2.75, 3.05) is 0 Å². The van der Waals surface area contributed by atoms with Crippen molar-refractivity contribution in [3.8, 4) is 12.1 Å². The molecule has 0 aromatic heterocycles. The Morgan fingerprint density at radius 3 is 2.00 bits per heavy atom. The Balaban J connectivity index is 1.97. The van der Waals surface area contributed by atoms with Crippen LogP contribution in [-0.4, -0.2) is 5.78 Å². The lowest BCUT2D eigenvalue weighted by Crippen LogP contribution is -2.41. The maximum absolute atomic E-state index is 13.4. The summed E-state index contributed by atoms with van der Waals surface area (Å²) in [4.78, 5) is 13.4. The molecule has 150 valence electrons. The molecular weight excluding hydrogens is 404 g/mol. The largest absolute Gasteiger partial charge is 0.295 e. The summed E-state index contributed by atoms with van der Waals surface area (Å²) < 4.78 is 0. The van der Waals surface area contributed by atoms with E-state index in [1.807, 2.05) is 66.7 Å². The average Bonchev–Trinajstić information content (AvgIpc) is 2.82. The predicted octanol–water partition coefficient (Wildman–Crippen LogP) is 6.30. The zero-order chi connectivity index (χ0) is 21.8. The van der Waals surface area contributed by atoms with Crippen molar-refractivity contribution >= 4 is 23.5 Å². The minimum absolute atomic E-state index is 0.0567. The van der Waals surface area contributed by atoms with Crippen molar-refractivity contribution in [1.82, 2.24) is 0 Å². The summed E-state index contributed by atoms with van der Waals surface area (Å²) in [6.07, 6.45) is 1.92. The normalized spacial score (nSPS) is 21.3. The van der Waals surface area contributed by atoms with E-state index < -0.39 is 17.3 Å². The van der Waals surface area contributed by atoms with Crippen LogP contribution in [0.4, 0.5) is 0 Å². The molecule has 0 spiro atoms. The van der Waals surface area contributed by atoms with Crippen molar-refractivity contribution in [3.05, 3.63) is 112 Å². The minimum atomic E-state index is -1.44. The highest BCUT2D eigenvalue weighted by molar-refractivity contribution is 6.30. The van der Waals surface area contributed by atoms with Crippen LogP contribution in [-0.2, 0) is 4.79 Å². The Kier molecular flexibility index (Phi) is 5.72. The number of rotatable bonds is 3. The first kappa shape index (κ1) is 20.6. The highest BCUT2D eigenvalue weighted by Crippen LogP contribution is 2.55. The lowest BCUT2D eigenvalue weighted by molar-refractivity contribution is -0.118. The molecule has 4 rings (SSSR count). The number of carbonyl (C=O) groups excluding carboxylic acids is 1. The molecule has 3 aromatic rings. The van der Waals surface area contributed by atoms with Gasteiger partial charge in [-0.3, -0.25) is 4.79 Å². The first-order chi connectivity index (χ1) is 15.1. The molecule has 3 aromatic carbocycles. The van der Waals surface area contributed by atoms with Gasteiger partial charge in [-0.05, 0) is 34.9 Å². The predicted molar refractivity (Wildman–Crippen MR) is 121 cm³/mol. The molecule has 4 heteroatoms. The van der Waals surface area contributed by atoms with Crippen LogP contribution < -0.4 is 0 Å². The molecule has 1 fully saturated rings. The Morgan fingerprint density at radius 1 is 0.839 bits per heavy atom. The highest BCUT2D eigenvalue weighted by atomic mass is 35.5. The molecule has 1 aliphatic carbocycles. The van der Waals surface area contributed by atoms with E-state index in [0.717, 1.165) is 16.7 Å². The van der Waals surface area contributed by atoms with Gasteiger partial charge in [0.15, 0.2) is 11.2 Å². The van der Waals surface area contributed by atoms with Crippen LogP contribution in [0.15, 0.2) is 90.5 Å². The van der Waals surface area contributed by atoms with E-state index >= 15 is 0 Å². The fourth-order valence-electron chi connectivity index (χ4n) is 4.44. The number of halogens is 1. The summed E-state index contributed by atoms with van der Waals surface area (Å²) in [7, 11) is 0. The number of ketones is 1. The van der Waals surface area contributed by atoms with Crippen LogP contribution in [0.3, 0.4) is 0 Å². The van der Waals surface area contributed by atoms with Crippen molar-refractivity contribution in [1.29, 1.82) is 10.5 Å². The van der Waals surface area contributed by atoms with Gasteiger partial charge in [-0.2, -0.15) is 10.5 Å². The maximum Gasteiger partial charge on any atom is 0.161 e. The van der Waals surface area contributed by atoms with Gasteiger partial charge in [-0.1, -0.05) is 84.4 Å². The SMILES string of the molecule is N#CC1(C#N)[C@H](c2ccccc2)CC(=O)/C(=C/c2ccccc2)[C@H]1c1ccc(Cl)cc1. The fourth-order valence-corrected chi connectivity index (χ4v) is 4.56. The second-order valence-electron chi connectivity index (χ2n) is 7.68. The van der Waals surface area contributed by atoms with Crippen LogP contribution in [0.2, 0.25) is 5.02 Å². The molecule has 0 radical (unpaired) electrons. The Labute approximate surface area is 186 Å².